The first-order valence-electron chi connectivity index (χ1n) is 9.67. The Kier molecular flexibility index (Phi) is 5.14. The molecular weight excluding hydrogens is 390 g/mol. The quantitative estimate of drug-likeness (QED) is 0.804. The van der Waals surface area contributed by atoms with Gasteiger partial charge in [-0.2, -0.15) is 4.31 Å². The third-order valence-corrected chi connectivity index (χ3v) is 7.33. The Bertz CT molecular complexity index is 1080. The average Bonchev–Trinajstić information content (AvgIpc) is 2.72. The number of carbonyl (C=O) groups is 2. The summed E-state index contributed by atoms with van der Waals surface area (Å²) in [4.78, 5) is 24.6. The van der Waals surface area contributed by atoms with Crippen LogP contribution in [-0.2, 0) is 39.0 Å². The highest BCUT2D eigenvalue weighted by atomic mass is 32.2. The number of aryl methyl sites for hydroxylation is 1. The Labute approximate surface area is 170 Å². The van der Waals surface area contributed by atoms with Crippen LogP contribution in [0.2, 0.25) is 0 Å². The molecule has 29 heavy (non-hydrogen) atoms. The third kappa shape index (κ3) is 3.90. The molecule has 0 aliphatic carbocycles. The number of hydrogen-bond acceptors (Lipinski definition) is 4. The van der Waals surface area contributed by atoms with Gasteiger partial charge in [-0.15, -0.1) is 0 Å². The second-order valence-corrected chi connectivity index (χ2v) is 9.55. The van der Waals surface area contributed by atoms with E-state index < -0.39 is 16.1 Å². The predicted molar refractivity (Wildman–Crippen MR) is 111 cm³/mol. The lowest BCUT2D eigenvalue weighted by Crippen LogP contribution is -2.51. The van der Waals surface area contributed by atoms with E-state index in [0.29, 0.717) is 24.9 Å². The minimum Gasteiger partial charge on any atom is -0.326 e. The first-order chi connectivity index (χ1) is 13.9. The third-order valence-electron chi connectivity index (χ3n) is 5.50. The maximum atomic E-state index is 13.1. The van der Waals surface area contributed by atoms with Gasteiger partial charge in [0.1, 0.15) is 6.04 Å². The molecule has 2 aromatic carbocycles. The first-order valence-corrected chi connectivity index (χ1v) is 11.3. The molecule has 1 unspecified atom stereocenters. The zero-order valence-electron chi connectivity index (χ0n) is 16.1. The number of carbonyl (C=O) groups excluding carboxylic acids is 2. The maximum Gasteiger partial charge on any atom is 0.243 e. The molecule has 2 aromatic rings. The number of benzene rings is 2. The minimum absolute atomic E-state index is 0.0180. The van der Waals surface area contributed by atoms with E-state index in [0.717, 1.165) is 22.4 Å². The van der Waals surface area contributed by atoms with Crippen molar-refractivity contribution in [1.82, 2.24) is 4.31 Å². The van der Waals surface area contributed by atoms with Crippen molar-refractivity contribution in [3.8, 4) is 0 Å². The van der Waals surface area contributed by atoms with Crippen LogP contribution in [0.5, 0.6) is 0 Å². The van der Waals surface area contributed by atoms with Gasteiger partial charge >= 0.3 is 0 Å². The Morgan fingerprint density at radius 3 is 2.66 bits per heavy atom. The van der Waals surface area contributed by atoms with E-state index in [1.54, 1.807) is 19.1 Å². The van der Waals surface area contributed by atoms with E-state index in [9.17, 15) is 18.0 Å². The molecule has 0 saturated heterocycles. The molecule has 0 bridgehead atoms. The average molecular weight is 413 g/mol. The van der Waals surface area contributed by atoms with Crippen LogP contribution in [-0.4, -0.2) is 36.3 Å². The summed E-state index contributed by atoms with van der Waals surface area (Å²) < 4.78 is 26.6. The van der Waals surface area contributed by atoms with Crippen molar-refractivity contribution in [2.24, 2.45) is 0 Å². The molecule has 0 fully saturated rings. The molecule has 0 radical (unpaired) electrons. The summed E-state index contributed by atoms with van der Waals surface area (Å²) >= 11 is 0. The molecule has 8 heteroatoms. The van der Waals surface area contributed by atoms with E-state index in [1.165, 1.54) is 4.31 Å². The van der Waals surface area contributed by atoms with Gasteiger partial charge in [0, 0.05) is 24.3 Å². The highest BCUT2D eigenvalue weighted by Crippen LogP contribution is 2.29. The van der Waals surface area contributed by atoms with E-state index >= 15 is 0 Å². The van der Waals surface area contributed by atoms with Crippen LogP contribution < -0.4 is 10.6 Å². The Hall–Kier alpha value is -2.71. The lowest BCUT2D eigenvalue weighted by atomic mass is 9.95. The van der Waals surface area contributed by atoms with Gasteiger partial charge in [0.2, 0.25) is 21.8 Å². The summed E-state index contributed by atoms with van der Waals surface area (Å²) in [5.74, 6) is -0.427. The Morgan fingerprint density at radius 2 is 1.90 bits per heavy atom. The van der Waals surface area contributed by atoms with Crippen LogP contribution in [0, 0.1) is 0 Å². The summed E-state index contributed by atoms with van der Waals surface area (Å²) in [5, 5.41) is 5.68. The van der Waals surface area contributed by atoms with Crippen molar-refractivity contribution < 1.29 is 18.0 Å². The number of rotatable bonds is 4. The molecular formula is C21H23N3O4S. The van der Waals surface area contributed by atoms with Crippen LogP contribution in [0.1, 0.15) is 30.0 Å². The molecule has 1 atom stereocenters. The molecule has 0 saturated carbocycles. The molecule has 152 valence electrons. The number of amides is 2. The SMILES string of the molecule is CCS(=O)(=O)N1Cc2ccccc2CC1C(=O)Nc1ccc2c(c1)CCC(=O)N2. The van der Waals surface area contributed by atoms with E-state index in [1.807, 2.05) is 30.3 Å². The largest absolute Gasteiger partial charge is 0.326 e. The molecule has 0 aromatic heterocycles. The lowest BCUT2D eigenvalue weighted by Gasteiger charge is -2.34. The van der Waals surface area contributed by atoms with Gasteiger partial charge in [-0.25, -0.2) is 8.42 Å². The van der Waals surface area contributed by atoms with Crippen molar-refractivity contribution in [2.45, 2.75) is 38.8 Å². The van der Waals surface area contributed by atoms with Crippen LogP contribution in [0.25, 0.3) is 0 Å². The number of anilines is 2. The van der Waals surface area contributed by atoms with Gasteiger partial charge in [0.25, 0.3) is 0 Å². The van der Waals surface area contributed by atoms with Crippen molar-refractivity contribution >= 4 is 33.2 Å². The molecule has 2 aliphatic heterocycles. The topological polar surface area (TPSA) is 95.6 Å². The van der Waals surface area contributed by atoms with Crippen LogP contribution in [0.15, 0.2) is 42.5 Å². The highest BCUT2D eigenvalue weighted by molar-refractivity contribution is 7.89. The fourth-order valence-corrected chi connectivity index (χ4v) is 5.09. The van der Waals surface area contributed by atoms with Crippen LogP contribution in [0.4, 0.5) is 11.4 Å². The highest BCUT2D eigenvalue weighted by Gasteiger charge is 2.38. The molecule has 0 spiro atoms. The number of nitrogens with one attached hydrogen (secondary N) is 2. The second-order valence-electron chi connectivity index (χ2n) is 7.34. The standard InChI is InChI=1S/C21H23N3O4S/c1-2-29(27,28)24-13-16-6-4-3-5-14(16)12-19(24)21(26)22-17-8-9-18-15(11-17)7-10-20(25)23-18/h3-6,8-9,11,19H,2,7,10,12-13H2,1H3,(H,22,26)(H,23,25). The molecule has 7 nitrogen and oxygen atoms in total. The molecule has 2 amide bonds. The van der Waals surface area contributed by atoms with Crippen molar-refractivity contribution in [3.05, 3.63) is 59.2 Å². The molecule has 2 aliphatic rings. The summed E-state index contributed by atoms with van der Waals surface area (Å²) in [5.41, 5.74) is 4.22. The van der Waals surface area contributed by atoms with Crippen LogP contribution >= 0.6 is 0 Å². The molecule has 2 heterocycles. The summed E-state index contributed by atoms with van der Waals surface area (Å²) in [7, 11) is -3.55. The number of sulfonamides is 1. The lowest BCUT2D eigenvalue weighted by molar-refractivity contribution is -0.120. The maximum absolute atomic E-state index is 13.1. The summed E-state index contributed by atoms with van der Waals surface area (Å²) in [6.45, 7) is 1.78. The van der Waals surface area contributed by atoms with Gasteiger partial charge in [0.05, 0.1) is 5.75 Å². The Balaban J connectivity index is 1.60. The fourth-order valence-electron chi connectivity index (χ4n) is 3.87. The number of nitrogens with zero attached hydrogens (tertiary/aromatic N) is 1. The zero-order valence-corrected chi connectivity index (χ0v) is 17.0. The van der Waals surface area contributed by atoms with Gasteiger partial charge in [-0.3, -0.25) is 9.59 Å². The zero-order chi connectivity index (χ0) is 20.6. The smallest absolute Gasteiger partial charge is 0.243 e. The van der Waals surface area contributed by atoms with Crippen LogP contribution in [0.3, 0.4) is 0 Å². The molecule has 2 N–H and O–H groups in total. The van der Waals surface area contributed by atoms with E-state index in [-0.39, 0.29) is 24.1 Å². The number of fused-ring (bicyclic) bond motifs is 2. The van der Waals surface area contributed by atoms with Gasteiger partial charge < -0.3 is 10.6 Å². The van der Waals surface area contributed by atoms with Crippen molar-refractivity contribution in [2.75, 3.05) is 16.4 Å². The number of hydrogen-bond donors (Lipinski definition) is 2. The second kappa shape index (κ2) is 7.61. The normalized spacial score (nSPS) is 19.1. The summed E-state index contributed by atoms with van der Waals surface area (Å²) in [6.07, 6.45) is 1.35. The van der Waals surface area contributed by atoms with Crippen molar-refractivity contribution in [3.63, 3.8) is 0 Å². The minimum atomic E-state index is -3.55. The molecule has 4 rings (SSSR count). The fraction of sp³-hybridized carbons (Fsp3) is 0.333. The van der Waals surface area contributed by atoms with E-state index in [2.05, 4.69) is 10.6 Å². The first kappa shape index (κ1) is 19.6. The van der Waals surface area contributed by atoms with Gasteiger partial charge in [-0.1, -0.05) is 24.3 Å². The Morgan fingerprint density at radius 1 is 1.14 bits per heavy atom. The van der Waals surface area contributed by atoms with Gasteiger partial charge in [0.15, 0.2) is 0 Å². The van der Waals surface area contributed by atoms with Crippen molar-refractivity contribution in [1.29, 1.82) is 0 Å². The van der Waals surface area contributed by atoms with E-state index in [4.69, 9.17) is 0 Å². The predicted octanol–water partition coefficient (Wildman–Crippen LogP) is 2.29. The van der Waals surface area contributed by atoms with Gasteiger partial charge in [-0.05, 0) is 54.7 Å². The monoisotopic (exact) mass is 413 g/mol. The summed E-state index contributed by atoms with van der Waals surface area (Å²) in [6, 6.07) is 12.1.